The Morgan fingerprint density at radius 3 is 2.24 bits per heavy atom. The lowest BCUT2D eigenvalue weighted by Crippen LogP contribution is -2.54. The number of hydrogen-bond acceptors (Lipinski definition) is 5. The fourth-order valence-electron chi connectivity index (χ4n) is 2.59. The fourth-order valence-corrected chi connectivity index (χ4v) is 2.59. The molecule has 1 aliphatic rings. The van der Waals surface area contributed by atoms with Gasteiger partial charge in [-0.15, -0.1) is 13.2 Å². The Balaban J connectivity index is 1.88. The molecule has 1 aromatic carbocycles. The van der Waals surface area contributed by atoms with Gasteiger partial charge in [0.15, 0.2) is 0 Å². The van der Waals surface area contributed by atoms with Gasteiger partial charge in [-0.3, -0.25) is 0 Å². The third-order valence-electron chi connectivity index (χ3n) is 3.92. The number of alkyl halides is 4. The molecular weight excluding hydrogens is 346 g/mol. The van der Waals surface area contributed by atoms with Crippen molar-refractivity contribution < 1.29 is 37.6 Å². The largest absolute Gasteiger partial charge is 0.573 e. The monoisotopic (exact) mass is 365 g/mol. The van der Waals surface area contributed by atoms with Gasteiger partial charge in [0.2, 0.25) is 0 Å². The summed E-state index contributed by atoms with van der Waals surface area (Å²) in [6, 6.07) is 4.60. The maximum atomic E-state index is 12.8. The molecule has 1 aliphatic carbocycles. The summed E-state index contributed by atoms with van der Waals surface area (Å²) in [6.07, 6.45) is -7.22. The van der Waals surface area contributed by atoms with E-state index >= 15 is 0 Å². The number of halogens is 4. The highest BCUT2D eigenvalue weighted by Crippen LogP contribution is 2.23. The number of ether oxygens (including phenoxy) is 1. The van der Waals surface area contributed by atoms with Gasteiger partial charge in [0.05, 0.1) is 6.04 Å². The summed E-state index contributed by atoms with van der Waals surface area (Å²) in [5.41, 5.74) is 0.714. The Morgan fingerprint density at radius 2 is 1.68 bits per heavy atom. The number of hydrogen-bond donors (Lipinski definition) is 4. The lowest BCUT2D eigenvalue weighted by atomic mass is 9.88. The van der Waals surface area contributed by atoms with Gasteiger partial charge >= 0.3 is 6.36 Å². The van der Waals surface area contributed by atoms with Gasteiger partial charge < -0.3 is 25.4 Å². The van der Waals surface area contributed by atoms with E-state index in [0.717, 1.165) is 5.56 Å². The van der Waals surface area contributed by atoms with Crippen LogP contribution in [-0.2, 0) is 6.42 Å². The van der Waals surface area contributed by atoms with Crippen LogP contribution in [0.2, 0.25) is 0 Å². The van der Waals surface area contributed by atoms with Gasteiger partial charge in [-0.1, -0.05) is 18.2 Å². The zero-order chi connectivity index (χ0) is 18.6. The molecule has 0 radical (unpaired) electrons. The number of nitrogens with one attached hydrogen (secondary N) is 1. The van der Waals surface area contributed by atoms with Crippen molar-refractivity contribution in [2.45, 2.75) is 37.1 Å². The molecule has 25 heavy (non-hydrogen) atoms. The first-order valence-corrected chi connectivity index (χ1v) is 7.60. The summed E-state index contributed by atoms with van der Waals surface area (Å²) in [5, 5.41) is 32.1. The summed E-state index contributed by atoms with van der Waals surface area (Å²) in [7, 11) is 0. The number of aliphatic hydroxyl groups excluding tert-OH is 3. The zero-order valence-electron chi connectivity index (χ0n) is 13.1. The Hall–Kier alpha value is -1.68. The van der Waals surface area contributed by atoms with Crippen LogP contribution in [0.4, 0.5) is 17.6 Å². The number of aliphatic hydroxyl groups is 3. The molecule has 0 aromatic heterocycles. The van der Waals surface area contributed by atoms with Gasteiger partial charge in [-0.25, -0.2) is 4.39 Å². The molecular formula is C16H19F4NO4. The van der Waals surface area contributed by atoms with Crippen molar-refractivity contribution in [1.29, 1.82) is 0 Å². The van der Waals surface area contributed by atoms with E-state index in [0.29, 0.717) is 13.0 Å². The normalized spacial score (nSPS) is 27.1. The predicted molar refractivity (Wildman–Crippen MR) is 80.7 cm³/mol. The maximum absolute atomic E-state index is 12.8. The smallest absolute Gasteiger partial charge is 0.406 e. The van der Waals surface area contributed by atoms with Crippen molar-refractivity contribution in [3.05, 3.63) is 41.5 Å². The average molecular weight is 365 g/mol. The van der Waals surface area contributed by atoms with Crippen molar-refractivity contribution >= 4 is 0 Å². The second kappa shape index (κ2) is 8.13. The van der Waals surface area contributed by atoms with Crippen LogP contribution in [0.5, 0.6) is 5.75 Å². The van der Waals surface area contributed by atoms with Crippen LogP contribution in [0.15, 0.2) is 35.9 Å². The lowest BCUT2D eigenvalue weighted by Gasteiger charge is -2.34. The summed E-state index contributed by atoms with van der Waals surface area (Å²) in [4.78, 5) is 0. The van der Waals surface area contributed by atoms with Crippen molar-refractivity contribution in [1.82, 2.24) is 5.32 Å². The Kier molecular flexibility index (Phi) is 6.39. The van der Waals surface area contributed by atoms with E-state index in [9.17, 15) is 32.9 Å². The standard InChI is InChI=1S/C16H19F4NO4/c17-8-10-7-12(14(23)15(24)13(10)22)21-6-5-9-1-3-11(4-2-9)25-16(18,19)20/h1-4,7,12-15,21-24H,5-6,8H2/t12-,13+,14+,15+/m1/s1. The molecule has 2 rings (SSSR count). The molecule has 140 valence electrons. The number of rotatable bonds is 6. The van der Waals surface area contributed by atoms with E-state index in [-0.39, 0.29) is 11.3 Å². The second-order valence-electron chi connectivity index (χ2n) is 5.72. The summed E-state index contributed by atoms with van der Waals surface area (Å²) >= 11 is 0. The molecule has 4 N–H and O–H groups in total. The zero-order valence-corrected chi connectivity index (χ0v) is 13.1. The van der Waals surface area contributed by atoms with Crippen LogP contribution in [-0.4, -0.2) is 59.3 Å². The first kappa shape index (κ1) is 19.6. The quantitative estimate of drug-likeness (QED) is 0.448. The molecule has 0 saturated heterocycles. The fraction of sp³-hybridized carbons (Fsp3) is 0.500. The Morgan fingerprint density at radius 1 is 1.04 bits per heavy atom. The molecule has 0 unspecified atom stereocenters. The second-order valence-corrected chi connectivity index (χ2v) is 5.72. The van der Waals surface area contributed by atoms with Crippen molar-refractivity contribution in [2.24, 2.45) is 0 Å². The molecule has 5 nitrogen and oxygen atoms in total. The van der Waals surface area contributed by atoms with E-state index in [1.54, 1.807) is 0 Å². The van der Waals surface area contributed by atoms with Gasteiger partial charge in [0, 0.05) is 0 Å². The molecule has 0 bridgehead atoms. The van der Waals surface area contributed by atoms with Gasteiger partial charge in [-0.05, 0) is 36.2 Å². The topological polar surface area (TPSA) is 82.0 Å². The third-order valence-corrected chi connectivity index (χ3v) is 3.92. The van der Waals surface area contributed by atoms with Crippen LogP contribution in [0.25, 0.3) is 0 Å². The first-order chi connectivity index (χ1) is 11.7. The van der Waals surface area contributed by atoms with Crippen LogP contribution in [0.1, 0.15) is 5.56 Å². The molecule has 9 heteroatoms. The van der Waals surface area contributed by atoms with E-state index in [1.165, 1.54) is 30.3 Å². The average Bonchev–Trinajstić information content (AvgIpc) is 2.55. The Labute approximate surface area is 141 Å². The van der Waals surface area contributed by atoms with E-state index in [1.807, 2.05) is 0 Å². The van der Waals surface area contributed by atoms with Crippen molar-refractivity contribution in [3.8, 4) is 5.75 Å². The highest BCUT2D eigenvalue weighted by atomic mass is 19.4. The Bertz CT molecular complexity index is 591. The van der Waals surface area contributed by atoms with Gasteiger partial charge in [0.1, 0.15) is 30.7 Å². The molecule has 1 aromatic rings. The van der Waals surface area contributed by atoms with E-state index < -0.39 is 37.4 Å². The van der Waals surface area contributed by atoms with E-state index in [4.69, 9.17) is 0 Å². The van der Waals surface area contributed by atoms with Crippen molar-refractivity contribution in [3.63, 3.8) is 0 Å². The minimum atomic E-state index is -4.74. The molecule has 0 saturated carbocycles. The van der Waals surface area contributed by atoms with Crippen LogP contribution in [0, 0.1) is 0 Å². The van der Waals surface area contributed by atoms with Crippen LogP contribution < -0.4 is 10.1 Å². The first-order valence-electron chi connectivity index (χ1n) is 7.60. The predicted octanol–water partition coefficient (Wildman–Crippen LogP) is 1.08. The summed E-state index contributed by atoms with van der Waals surface area (Å²) in [5.74, 6) is -0.320. The summed E-state index contributed by atoms with van der Waals surface area (Å²) in [6.45, 7) is -0.621. The van der Waals surface area contributed by atoms with Crippen LogP contribution >= 0.6 is 0 Å². The molecule has 0 amide bonds. The SMILES string of the molecule is O[C@@H]1[C@@H](O)[C@@H](O)C(CF)=C[C@H]1NCCc1ccc(OC(F)(F)F)cc1. The maximum Gasteiger partial charge on any atom is 0.573 e. The summed E-state index contributed by atoms with van der Waals surface area (Å²) < 4.78 is 52.8. The number of benzene rings is 1. The molecule has 0 spiro atoms. The van der Waals surface area contributed by atoms with Crippen LogP contribution in [0.3, 0.4) is 0 Å². The highest BCUT2D eigenvalue weighted by Gasteiger charge is 2.36. The lowest BCUT2D eigenvalue weighted by molar-refractivity contribution is -0.274. The molecule has 0 heterocycles. The van der Waals surface area contributed by atoms with Gasteiger partial charge in [-0.2, -0.15) is 0 Å². The minimum absolute atomic E-state index is 0.0102. The third kappa shape index (κ3) is 5.40. The van der Waals surface area contributed by atoms with Gasteiger partial charge in [0.25, 0.3) is 0 Å². The molecule has 4 atom stereocenters. The van der Waals surface area contributed by atoms with Crippen molar-refractivity contribution in [2.75, 3.05) is 13.2 Å². The highest BCUT2D eigenvalue weighted by molar-refractivity contribution is 5.28. The van der Waals surface area contributed by atoms with E-state index in [2.05, 4.69) is 10.1 Å². The molecule has 0 aliphatic heterocycles. The minimum Gasteiger partial charge on any atom is -0.406 e. The molecule has 0 fully saturated rings.